The first-order valence-corrected chi connectivity index (χ1v) is 9.62. The Morgan fingerprint density at radius 3 is 2.78 bits per heavy atom. The van der Waals surface area contributed by atoms with Crippen molar-refractivity contribution in [2.45, 2.75) is 26.7 Å². The fourth-order valence-electron chi connectivity index (χ4n) is 2.26. The highest BCUT2D eigenvalue weighted by Crippen LogP contribution is 2.27. The lowest BCUT2D eigenvalue weighted by Gasteiger charge is -2.08. The number of rotatable bonds is 7. The second-order valence-electron chi connectivity index (χ2n) is 5.55. The van der Waals surface area contributed by atoms with E-state index in [4.69, 9.17) is 27.9 Å². The van der Waals surface area contributed by atoms with Crippen molar-refractivity contribution in [3.8, 4) is 5.75 Å². The number of nitrogens with zero attached hydrogens (tertiary/aromatic N) is 4. The van der Waals surface area contributed by atoms with Gasteiger partial charge in [-0.3, -0.25) is 9.48 Å². The fourth-order valence-corrected chi connectivity index (χ4v) is 3.17. The quantitative estimate of drug-likeness (QED) is 0.560. The maximum Gasteiger partial charge on any atom is 0.272 e. The first kappa shape index (κ1) is 19.7. The molecule has 0 atom stereocenters. The summed E-state index contributed by atoms with van der Waals surface area (Å²) in [6.45, 7) is 3.17. The van der Waals surface area contributed by atoms with Crippen LogP contribution in [0.5, 0.6) is 5.75 Å². The number of halogens is 3. The number of amides is 1. The summed E-state index contributed by atoms with van der Waals surface area (Å²) >= 11 is 15.3. The highest BCUT2D eigenvalue weighted by atomic mass is 79.9. The summed E-state index contributed by atoms with van der Waals surface area (Å²) in [6.07, 6.45) is 3.52. The molecule has 1 N–H and O–H groups in total. The molecule has 0 spiro atoms. The van der Waals surface area contributed by atoms with Gasteiger partial charge in [-0.2, -0.15) is 10.2 Å². The molecule has 0 fully saturated rings. The van der Waals surface area contributed by atoms with Crippen LogP contribution in [0.1, 0.15) is 23.1 Å². The Balaban J connectivity index is 1.56. The van der Waals surface area contributed by atoms with Gasteiger partial charge in [-0.15, -0.1) is 0 Å². The van der Waals surface area contributed by atoms with Gasteiger partial charge in [-0.05, 0) is 47.1 Å². The Morgan fingerprint density at radius 1 is 1.26 bits per heavy atom. The van der Waals surface area contributed by atoms with Crippen LogP contribution in [0, 0.1) is 0 Å². The topological polar surface area (TPSA) is 74.0 Å². The van der Waals surface area contributed by atoms with Gasteiger partial charge in [0.2, 0.25) is 0 Å². The van der Waals surface area contributed by atoms with Crippen molar-refractivity contribution < 1.29 is 9.53 Å². The Kier molecular flexibility index (Phi) is 6.41. The minimum atomic E-state index is -0.295. The van der Waals surface area contributed by atoms with E-state index in [9.17, 15) is 4.79 Å². The van der Waals surface area contributed by atoms with Gasteiger partial charge in [0.1, 0.15) is 11.4 Å². The van der Waals surface area contributed by atoms with Gasteiger partial charge >= 0.3 is 0 Å². The third-order valence-corrected chi connectivity index (χ3v) is 4.84. The molecular weight excluding hydrogens is 457 g/mol. The molecule has 2 heterocycles. The van der Waals surface area contributed by atoms with Crippen molar-refractivity contribution in [2.24, 2.45) is 0 Å². The standard InChI is InChI=1S/C17H16BrCl2N5O2/c1-2-24-9-12(18)15(23-24)8-21-17(26)14-5-6-25(22-14)10-27-16-4-3-11(19)7-13(16)20/h3-7,9H,2,8,10H2,1H3,(H,21,26). The van der Waals surface area contributed by atoms with Crippen molar-refractivity contribution >= 4 is 45.0 Å². The molecule has 0 aliphatic carbocycles. The lowest BCUT2D eigenvalue weighted by Crippen LogP contribution is -2.24. The Bertz CT molecular complexity index is 957. The lowest BCUT2D eigenvalue weighted by atomic mass is 10.3. The van der Waals surface area contributed by atoms with E-state index in [-0.39, 0.29) is 18.3 Å². The molecule has 7 nitrogen and oxygen atoms in total. The van der Waals surface area contributed by atoms with Gasteiger partial charge in [-0.25, -0.2) is 4.68 Å². The highest BCUT2D eigenvalue weighted by molar-refractivity contribution is 9.10. The maximum atomic E-state index is 12.3. The molecule has 0 bridgehead atoms. The van der Waals surface area contributed by atoms with Crippen molar-refractivity contribution in [1.29, 1.82) is 0 Å². The third-order valence-electron chi connectivity index (χ3n) is 3.65. The largest absolute Gasteiger partial charge is 0.470 e. The zero-order valence-corrected chi connectivity index (χ0v) is 17.4. The first-order chi connectivity index (χ1) is 13.0. The summed E-state index contributed by atoms with van der Waals surface area (Å²) in [5.41, 5.74) is 1.04. The van der Waals surface area contributed by atoms with E-state index < -0.39 is 0 Å². The van der Waals surface area contributed by atoms with E-state index in [1.165, 1.54) is 4.68 Å². The number of ether oxygens (including phenoxy) is 1. The predicted octanol–water partition coefficient (Wildman–Crippen LogP) is 4.14. The van der Waals surface area contributed by atoms with Gasteiger partial charge < -0.3 is 10.1 Å². The predicted molar refractivity (Wildman–Crippen MR) is 106 cm³/mol. The number of carbonyl (C=O) groups is 1. The molecule has 0 saturated heterocycles. The highest BCUT2D eigenvalue weighted by Gasteiger charge is 2.12. The second-order valence-corrected chi connectivity index (χ2v) is 7.25. The maximum absolute atomic E-state index is 12.3. The molecular formula is C17H16BrCl2N5O2. The number of carbonyl (C=O) groups excluding carboxylic acids is 1. The van der Waals surface area contributed by atoms with Gasteiger partial charge in [-0.1, -0.05) is 23.2 Å². The third kappa shape index (κ3) is 5.03. The molecule has 1 aromatic carbocycles. The summed E-state index contributed by atoms with van der Waals surface area (Å²) in [5.74, 6) is 0.190. The van der Waals surface area contributed by atoms with E-state index >= 15 is 0 Å². The van der Waals surface area contributed by atoms with E-state index in [0.717, 1.165) is 16.7 Å². The van der Waals surface area contributed by atoms with Crippen LogP contribution in [0.2, 0.25) is 10.0 Å². The van der Waals surface area contributed by atoms with E-state index in [1.54, 1.807) is 35.1 Å². The van der Waals surface area contributed by atoms with Gasteiger partial charge in [0.25, 0.3) is 5.91 Å². The average molecular weight is 473 g/mol. The van der Waals surface area contributed by atoms with Crippen LogP contribution in [0.4, 0.5) is 0 Å². The van der Waals surface area contributed by atoms with Crippen LogP contribution < -0.4 is 10.1 Å². The molecule has 2 aromatic heterocycles. The fraction of sp³-hybridized carbons (Fsp3) is 0.235. The smallest absolute Gasteiger partial charge is 0.272 e. The van der Waals surface area contributed by atoms with Crippen LogP contribution in [-0.2, 0) is 19.8 Å². The lowest BCUT2D eigenvalue weighted by molar-refractivity contribution is 0.0943. The van der Waals surface area contributed by atoms with Crippen LogP contribution in [0.25, 0.3) is 0 Å². The Hall–Kier alpha value is -2.03. The summed E-state index contributed by atoms with van der Waals surface area (Å²) in [5, 5.41) is 12.3. The first-order valence-electron chi connectivity index (χ1n) is 8.07. The average Bonchev–Trinajstić information content (AvgIpc) is 3.25. The normalized spacial score (nSPS) is 10.8. The molecule has 0 saturated carbocycles. The zero-order valence-electron chi connectivity index (χ0n) is 14.3. The van der Waals surface area contributed by atoms with Crippen LogP contribution in [0.3, 0.4) is 0 Å². The molecule has 0 unspecified atom stereocenters. The van der Waals surface area contributed by atoms with Gasteiger partial charge in [0.15, 0.2) is 6.73 Å². The Morgan fingerprint density at radius 2 is 2.07 bits per heavy atom. The molecule has 3 aromatic rings. The van der Waals surface area contributed by atoms with E-state index in [0.29, 0.717) is 22.3 Å². The Labute approximate surface area is 174 Å². The van der Waals surface area contributed by atoms with Gasteiger partial charge in [0, 0.05) is 24.0 Å². The summed E-state index contributed by atoms with van der Waals surface area (Å²) in [6, 6.07) is 6.57. The van der Waals surface area contributed by atoms with Crippen molar-refractivity contribution in [3.05, 3.63) is 62.6 Å². The zero-order chi connectivity index (χ0) is 19.4. The molecule has 27 heavy (non-hydrogen) atoms. The van der Waals surface area contributed by atoms with Crippen molar-refractivity contribution in [3.63, 3.8) is 0 Å². The molecule has 0 aliphatic heterocycles. The van der Waals surface area contributed by atoms with Crippen LogP contribution >= 0.6 is 39.1 Å². The molecule has 0 aliphatic rings. The minimum Gasteiger partial charge on any atom is -0.470 e. The summed E-state index contributed by atoms with van der Waals surface area (Å²) in [7, 11) is 0. The number of aryl methyl sites for hydroxylation is 1. The minimum absolute atomic E-state index is 0.112. The number of nitrogens with one attached hydrogen (secondary N) is 1. The molecule has 10 heteroatoms. The molecule has 0 radical (unpaired) electrons. The van der Waals surface area contributed by atoms with Crippen molar-refractivity contribution in [1.82, 2.24) is 24.9 Å². The summed E-state index contributed by atoms with van der Waals surface area (Å²) in [4.78, 5) is 12.3. The number of hydrogen-bond acceptors (Lipinski definition) is 4. The van der Waals surface area contributed by atoms with E-state index in [1.807, 2.05) is 13.1 Å². The number of hydrogen-bond donors (Lipinski definition) is 1. The van der Waals surface area contributed by atoms with Crippen LogP contribution in [0.15, 0.2) is 41.1 Å². The molecule has 3 rings (SSSR count). The second kappa shape index (κ2) is 8.77. The number of benzene rings is 1. The summed E-state index contributed by atoms with van der Waals surface area (Å²) < 4.78 is 9.73. The SMILES string of the molecule is CCn1cc(Br)c(CNC(=O)c2ccn(COc3ccc(Cl)cc3Cl)n2)n1. The van der Waals surface area contributed by atoms with Gasteiger partial charge in [0.05, 0.1) is 21.7 Å². The van der Waals surface area contributed by atoms with E-state index in [2.05, 4.69) is 31.4 Å². The van der Waals surface area contributed by atoms with Crippen LogP contribution in [-0.4, -0.2) is 25.5 Å². The number of aromatic nitrogens is 4. The molecule has 1 amide bonds. The van der Waals surface area contributed by atoms with Crippen molar-refractivity contribution in [2.75, 3.05) is 0 Å². The monoisotopic (exact) mass is 471 g/mol. The molecule has 142 valence electrons.